The number of nitrogens with zero attached hydrogens (tertiary/aromatic N) is 1. The fraction of sp³-hybridized carbons (Fsp3) is 0.500. The summed E-state index contributed by atoms with van der Waals surface area (Å²) in [4.78, 5) is 2.59. The van der Waals surface area contributed by atoms with Crippen molar-refractivity contribution < 1.29 is 8.42 Å². The lowest BCUT2D eigenvalue weighted by atomic mass is 9.68. The smallest absolute Gasteiger partial charge is 0.229 e. The molecule has 0 unspecified atom stereocenters. The van der Waals surface area contributed by atoms with Gasteiger partial charge in [0.25, 0.3) is 0 Å². The average Bonchev–Trinajstić information content (AvgIpc) is 2.65. The maximum Gasteiger partial charge on any atom is 0.229 e. The molecular formula is C24H34N2O2S. The minimum Gasteiger partial charge on any atom is -0.303 e. The van der Waals surface area contributed by atoms with E-state index in [2.05, 4.69) is 60.7 Å². The van der Waals surface area contributed by atoms with E-state index in [1.54, 1.807) is 0 Å². The highest BCUT2D eigenvalue weighted by Crippen LogP contribution is 2.40. The van der Waals surface area contributed by atoms with Crippen LogP contribution >= 0.6 is 0 Å². The van der Waals surface area contributed by atoms with Gasteiger partial charge in [0, 0.05) is 12.2 Å². The van der Waals surface area contributed by atoms with Crippen LogP contribution in [-0.2, 0) is 21.9 Å². The molecule has 0 saturated carbocycles. The number of aryl methyl sites for hydroxylation is 2. The molecule has 0 spiro atoms. The lowest BCUT2D eigenvalue weighted by Gasteiger charge is -2.45. The predicted octanol–water partition coefficient (Wildman–Crippen LogP) is 4.60. The summed E-state index contributed by atoms with van der Waals surface area (Å²) >= 11 is 0. The summed E-state index contributed by atoms with van der Waals surface area (Å²) in [6.45, 7) is 10.1. The summed E-state index contributed by atoms with van der Waals surface area (Å²) in [5, 5.41) is 0. The second kappa shape index (κ2) is 8.88. The van der Waals surface area contributed by atoms with E-state index in [0.717, 1.165) is 32.5 Å². The standard InChI is InChI=1S/C24H34N2O2S/c1-19-9-5-6-10-21(19)11-8-15-26-16-14-24(3,20(2)18-26)22-12-7-13-23(17-22)25-29(4,27)28/h5-7,9-10,12-13,17,20,25H,8,11,14-16,18H2,1-4H3/t20-,24-/m0/s1. The van der Waals surface area contributed by atoms with Crippen LogP contribution in [0.4, 0.5) is 5.69 Å². The van der Waals surface area contributed by atoms with Crippen LogP contribution in [0.25, 0.3) is 0 Å². The number of likely N-dealkylation sites (tertiary alicyclic amines) is 1. The molecule has 1 heterocycles. The Morgan fingerprint density at radius 3 is 2.62 bits per heavy atom. The Bertz CT molecular complexity index is 941. The highest BCUT2D eigenvalue weighted by Gasteiger charge is 2.37. The third-order valence-corrected chi connectivity index (χ3v) is 7.18. The summed E-state index contributed by atoms with van der Waals surface area (Å²) in [6, 6.07) is 16.6. The Morgan fingerprint density at radius 2 is 1.93 bits per heavy atom. The highest BCUT2D eigenvalue weighted by atomic mass is 32.2. The number of hydrogen-bond donors (Lipinski definition) is 1. The molecule has 29 heavy (non-hydrogen) atoms. The average molecular weight is 415 g/mol. The summed E-state index contributed by atoms with van der Waals surface area (Å²) in [5.41, 5.74) is 4.77. The van der Waals surface area contributed by atoms with E-state index >= 15 is 0 Å². The Kier molecular flexibility index (Phi) is 6.69. The maximum absolute atomic E-state index is 11.6. The molecule has 0 amide bonds. The van der Waals surface area contributed by atoms with Crippen LogP contribution in [0.15, 0.2) is 48.5 Å². The van der Waals surface area contributed by atoms with Gasteiger partial charge < -0.3 is 4.90 Å². The first-order valence-electron chi connectivity index (χ1n) is 10.5. The van der Waals surface area contributed by atoms with Gasteiger partial charge in [-0.15, -0.1) is 0 Å². The second-order valence-corrected chi connectivity index (χ2v) is 10.6. The van der Waals surface area contributed by atoms with Gasteiger partial charge in [0.15, 0.2) is 0 Å². The van der Waals surface area contributed by atoms with E-state index in [9.17, 15) is 8.42 Å². The number of piperidine rings is 1. The molecule has 1 fully saturated rings. The van der Waals surface area contributed by atoms with Gasteiger partial charge in [-0.25, -0.2) is 8.42 Å². The molecule has 4 nitrogen and oxygen atoms in total. The molecule has 0 aromatic heterocycles. The van der Waals surface area contributed by atoms with Crippen LogP contribution in [0, 0.1) is 12.8 Å². The zero-order chi connectivity index (χ0) is 21.1. The highest BCUT2D eigenvalue weighted by molar-refractivity contribution is 7.92. The fourth-order valence-corrected chi connectivity index (χ4v) is 5.04. The normalized spacial score (nSPS) is 23.1. The molecule has 1 aliphatic heterocycles. The number of anilines is 1. The van der Waals surface area contributed by atoms with Crippen LogP contribution < -0.4 is 4.72 Å². The first-order valence-corrected chi connectivity index (χ1v) is 12.4. The third kappa shape index (κ3) is 5.61. The molecule has 0 radical (unpaired) electrons. The Labute approximate surface area is 176 Å². The molecule has 2 aromatic rings. The molecule has 158 valence electrons. The Hall–Kier alpha value is -1.85. The number of rotatable bonds is 7. The molecule has 2 atom stereocenters. The van der Waals surface area contributed by atoms with E-state index in [-0.39, 0.29) is 5.41 Å². The minimum atomic E-state index is -3.26. The van der Waals surface area contributed by atoms with Crippen molar-refractivity contribution in [3.05, 3.63) is 65.2 Å². The minimum absolute atomic E-state index is 0.0573. The summed E-state index contributed by atoms with van der Waals surface area (Å²) < 4.78 is 25.8. The van der Waals surface area contributed by atoms with Gasteiger partial charge in [-0.05, 0) is 79.4 Å². The van der Waals surface area contributed by atoms with Gasteiger partial charge in [0.05, 0.1) is 6.26 Å². The van der Waals surface area contributed by atoms with Gasteiger partial charge in [-0.3, -0.25) is 4.72 Å². The van der Waals surface area contributed by atoms with Crippen molar-refractivity contribution in [2.24, 2.45) is 5.92 Å². The lowest BCUT2D eigenvalue weighted by molar-refractivity contribution is 0.110. The lowest BCUT2D eigenvalue weighted by Crippen LogP contribution is -2.47. The first-order chi connectivity index (χ1) is 13.7. The quantitative estimate of drug-likeness (QED) is 0.720. The van der Waals surface area contributed by atoms with Crippen molar-refractivity contribution in [1.29, 1.82) is 0 Å². The fourth-order valence-electron chi connectivity index (χ4n) is 4.48. The summed E-state index contributed by atoms with van der Waals surface area (Å²) in [7, 11) is -3.26. The largest absolute Gasteiger partial charge is 0.303 e. The molecule has 1 saturated heterocycles. The first kappa shape index (κ1) is 21.8. The zero-order valence-corrected chi connectivity index (χ0v) is 18.9. The number of benzene rings is 2. The molecular weight excluding hydrogens is 380 g/mol. The van der Waals surface area contributed by atoms with Gasteiger partial charge in [-0.1, -0.05) is 50.2 Å². The SMILES string of the molecule is Cc1ccccc1CCCN1CC[C@](C)(c2cccc(NS(C)(=O)=O)c2)[C@@H](C)C1. The third-order valence-electron chi connectivity index (χ3n) is 6.57. The molecule has 0 aliphatic carbocycles. The molecule has 1 aliphatic rings. The molecule has 5 heteroatoms. The van der Waals surface area contributed by atoms with Crippen molar-refractivity contribution in [3.63, 3.8) is 0 Å². The van der Waals surface area contributed by atoms with Gasteiger partial charge in [0.1, 0.15) is 0 Å². The van der Waals surface area contributed by atoms with E-state index in [4.69, 9.17) is 0 Å². The van der Waals surface area contributed by atoms with Crippen LogP contribution in [0.1, 0.15) is 43.4 Å². The van der Waals surface area contributed by atoms with Crippen LogP contribution in [0.2, 0.25) is 0 Å². The van der Waals surface area contributed by atoms with Crippen molar-refractivity contribution in [1.82, 2.24) is 4.90 Å². The number of sulfonamides is 1. The van der Waals surface area contributed by atoms with E-state index < -0.39 is 10.0 Å². The van der Waals surface area contributed by atoms with Crippen LogP contribution in [0.3, 0.4) is 0 Å². The molecule has 2 aromatic carbocycles. The van der Waals surface area contributed by atoms with Gasteiger partial charge in [-0.2, -0.15) is 0 Å². The van der Waals surface area contributed by atoms with E-state index in [1.807, 2.05) is 18.2 Å². The number of hydrogen-bond acceptors (Lipinski definition) is 3. The predicted molar refractivity (Wildman–Crippen MR) is 122 cm³/mol. The number of nitrogens with one attached hydrogen (secondary N) is 1. The summed E-state index contributed by atoms with van der Waals surface area (Å²) in [6.07, 6.45) is 4.59. The molecule has 3 rings (SSSR count). The van der Waals surface area contributed by atoms with Crippen molar-refractivity contribution in [3.8, 4) is 0 Å². The van der Waals surface area contributed by atoms with Gasteiger partial charge >= 0.3 is 0 Å². The van der Waals surface area contributed by atoms with Crippen molar-refractivity contribution in [2.45, 2.75) is 45.4 Å². The second-order valence-electron chi connectivity index (χ2n) is 8.85. The maximum atomic E-state index is 11.6. The van der Waals surface area contributed by atoms with Crippen LogP contribution in [0.5, 0.6) is 0 Å². The Morgan fingerprint density at radius 1 is 1.17 bits per heavy atom. The van der Waals surface area contributed by atoms with E-state index in [1.165, 1.54) is 29.4 Å². The molecule has 1 N–H and O–H groups in total. The van der Waals surface area contributed by atoms with E-state index in [0.29, 0.717) is 11.6 Å². The Balaban J connectivity index is 1.60. The van der Waals surface area contributed by atoms with Crippen LogP contribution in [-0.4, -0.2) is 39.2 Å². The van der Waals surface area contributed by atoms with Crippen molar-refractivity contribution in [2.75, 3.05) is 30.6 Å². The van der Waals surface area contributed by atoms with Crippen molar-refractivity contribution >= 4 is 15.7 Å². The summed E-state index contributed by atoms with van der Waals surface area (Å²) in [5.74, 6) is 0.503. The zero-order valence-electron chi connectivity index (χ0n) is 18.1. The molecule has 0 bridgehead atoms. The monoisotopic (exact) mass is 414 g/mol. The topological polar surface area (TPSA) is 49.4 Å². The van der Waals surface area contributed by atoms with Gasteiger partial charge in [0.2, 0.25) is 10.0 Å².